The Morgan fingerprint density at radius 1 is 1.12 bits per heavy atom. The van der Waals surface area contributed by atoms with Crippen LogP contribution in [0.3, 0.4) is 0 Å². The van der Waals surface area contributed by atoms with Crippen LogP contribution in [0.15, 0.2) is 29.6 Å². The first-order valence-corrected chi connectivity index (χ1v) is 14.5. The maximum absolute atomic E-state index is 13.8. The molecule has 40 heavy (non-hydrogen) atoms. The summed E-state index contributed by atoms with van der Waals surface area (Å²) in [5.74, 6) is -1.50. The number of nitrogens with one attached hydrogen (secondary N) is 1. The summed E-state index contributed by atoms with van der Waals surface area (Å²) in [6.07, 6.45) is 3.00. The monoisotopic (exact) mass is 571 g/mol. The molecule has 4 rings (SSSR count). The highest BCUT2D eigenvalue weighted by Gasteiger charge is 2.43. The van der Waals surface area contributed by atoms with E-state index < -0.39 is 30.0 Å². The number of phenols is 1. The first-order chi connectivity index (χ1) is 19.1. The van der Waals surface area contributed by atoms with Crippen molar-refractivity contribution >= 4 is 35.0 Å². The van der Waals surface area contributed by atoms with Crippen molar-refractivity contribution in [1.29, 1.82) is 0 Å². The SMILES string of the molecule is COC(=O)c1csc(C2CCCN2C(=O)C2CCCN2C(=O)C(NC(=O)C(N)Cc2ccc(O)cc2)C(C)C)n1. The number of nitrogens with zero attached hydrogens (tertiary/aromatic N) is 3. The third-order valence-electron chi connectivity index (χ3n) is 7.52. The number of phenolic OH excluding ortho intramolecular Hbond substituents is 1. The van der Waals surface area contributed by atoms with Crippen LogP contribution < -0.4 is 11.1 Å². The number of nitrogens with two attached hydrogens (primary N) is 1. The van der Waals surface area contributed by atoms with E-state index in [1.54, 1.807) is 27.3 Å². The number of carbonyl (C=O) groups is 4. The van der Waals surface area contributed by atoms with Crippen molar-refractivity contribution in [3.63, 3.8) is 0 Å². The van der Waals surface area contributed by atoms with E-state index in [0.717, 1.165) is 18.4 Å². The summed E-state index contributed by atoms with van der Waals surface area (Å²) in [6, 6.07) is 3.85. The molecule has 216 valence electrons. The van der Waals surface area contributed by atoms with Gasteiger partial charge in [0, 0.05) is 18.5 Å². The van der Waals surface area contributed by atoms with Crippen molar-refractivity contribution < 1.29 is 29.0 Å². The molecule has 4 atom stereocenters. The van der Waals surface area contributed by atoms with Gasteiger partial charge >= 0.3 is 5.97 Å². The summed E-state index contributed by atoms with van der Waals surface area (Å²) in [5, 5.41) is 14.6. The fourth-order valence-electron chi connectivity index (χ4n) is 5.34. The largest absolute Gasteiger partial charge is 0.508 e. The van der Waals surface area contributed by atoms with Crippen LogP contribution in [0.25, 0.3) is 0 Å². The molecule has 0 radical (unpaired) electrons. The molecule has 2 saturated heterocycles. The van der Waals surface area contributed by atoms with E-state index in [-0.39, 0.29) is 41.6 Å². The lowest BCUT2D eigenvalue weighted by atomic mass is 10.00. The summed E-state index contributed by atoms with van der Waals surface area (Å²) in [7, 11) is 1.30. The number of methoxy groups -OCH3 is 1. The van der Waals surface area contributed by atoms with Gasteiger partial charge in [-0.2, -0.15) is 0 Å². The molecule has 0 saturated carbocycles. The smallest absolute Gasteiger partial charge is 0.357 e. The number of rotatable bonds is 9. The molecule has 4 unspecified atom stereocenters. The minimum absolute atomic E-state index is 0.125. The molecular formula is C28H37N5O6S. The molecule has 1 aromatic carbocycles. The van der Waals surface area contributed by atoms with Gasteiger partial charge in [-0.15, -0.1) is 11.3 Å². The zero-order valence-electron chi connectivity index (χ0n) is 23.0. The lowest BCUT2D eigenvalue weighted by Gasteiger charge is -2.34. The Bertz CT molecular complexity index is 1230. The normalized spacial score (nSPS) is 20.4. The number of benzene rings is 1. The van der Waals surface area contributed by atoms with E-state index in [0.29, 0.717) is 30.9 Å². The molecule has 2 aliphatic rings. The quantitative estimate of drug-likeness (QED) is 0.386. The zero-order chi connectivity index (χ0) is 29.0. The van der Waals surface area contributed by atoms with Gasteiger partial charge in [0.05, 0.1) is 19.2 Å². The van der Waals surface area contributed by atoms with Crippen molar-refractivity contribution in [2.45, 2.75) is 70.1 Å². The van der Waals surface area contributed by atoms with Crippen LogP contribution in [-0.4, -0.2) is 81.9 Å². The van der Waals surface area contributed by atoms with Crippen LogP contribution in [0.4, 0.5) is 0 Å². The number of aromatic nitrogens is 1. The Hall–Kier alpha value is -3.51. The first-order valence-electron chi connectivity index (χ1n) is 13.6. The van der Waals surface area contributed by atoms with E-state index in [1.807, 2.05) is 13.8 Å². The maximum Gasteiger partial charge on any atom is 0.357 e. The van der Waals surface area contributed by atoms with Gasteiger partial charge in [0.2, 0.25) is 17.7 Å². The van der Waals surface area contributed by atoms with Gasteiger partial charge < -0.3 is 30.7 Å². The number of aromatic hydroxyl groups is 1. The third-order valence-corrected chi connectivity index (χ3v) is 8.46. The summed E-state index contributed by atoms with van der Waals surface area (Å²) in [5.41, 5.74) is 7.16. The second-order valence-electron chi connectivity index (χ2n) is 10.6. The number of amides is 3. The van der Waals surface area contributed by atoms with Gasteiger partial charge in [-0.1, -0.05) is 26.0 Å². The lowest BCUT2D eigenvalue weighted by molar-refractivity contribution is -0.146. The average Bonchev–Trinajstić information content (AvgIpc) is 3.71. The van der Waals surface area contributed by atoms with E-state index in [1.165, 1.54) is 30.6 Å². The molecule has 3 heterocycles. The van der Waals surface area contributed by atoms with Crippen LogP contribution in [0.1, 0.15) is 66.6 Å². The molecule has 11 nitrogen and oxygen atoms in total. The highest BCUT2D eigenvalue weighted by atomic mass is 32.1. The Balaban J connectivity index is 1.44. The molecule has 4 N–H and O–H groups in total. The number of likely N-dealkylation sites (tertiary alicyclic amines) is 2. The molecule has 2 fully saturated rings. The Kier molecular flexibility index (Phi) is 9.41. The number of thiazole rings is 1. The van der Waals surface area contributed by atoms with Crippen LogP contribution in [0.5, 0.6) is 5.75 Å². The number of hydrogen-bond acceptors (Lipinski definition) is 9. The van der Waals surface area contributed by atoms with Crippen molar-refractivity contribution in [3.05, 3.63) is 45.9 Å². The first kappa shape index (κ1) is 29.5. The number of carbonyl (C=O) groups excluding carboxylic acids is 4. The third kappa shape index (κ3) is 6.44. The standard InChI is InChI=1S/C28H37N5O6S/c1-16(2)23(31-24(35)19(29)14-17-8-10-18(34)11-9-17)27(37)33-13-5-7-22(33)26(36)32-12-4-6-21(32)25-30-20(15-40-25)28(38)39-3/h8-11,15-16,19,21-23,34H,4-7,12-14,29H2,1-3H3,(H,31,35). The van der Waals surface area contributed by atoms with Crippen LogP contribution in [0, 0.1) is 5.92 Å². The number of hydrogen-bond donors (Lipinski definition) is 3. The molecule has 2 aromatic rings. The van der Waals surface area contributed by atoms with Crippen molar-refractivity contribution in [3.8, 4) is 5.75 Å². The predicted molar refractivity (Wildman–Crippen MR) is 148 cm³/mol. The summed E-state index contributed by atoms with van der Waals surface area (Å²) in [4.78, 5) is 60.2. The summed E-state index contributed by atoms with van der Waals surface area (Å²) >= 11 is 1.32. The highest BCUT2D eigenvalue weighted by Crippen LogP contribution is 2.36. The van der Waals surface area contributed by atoms with Gasteiger partial charge in [0.15, 0.2) is 5.69 Å². The lowest BCUT2D eigenvalue weighted by Crippen LogP contribution is -2.57. The minimum Gasteiger partial charge on any atom is -0.508 e. The number of esters is 1. The van der Waals surface area contributed by atoms with Crippen molar-refractivity contribution in [2.24, 2.45) is 11.7 Å². The zero-order valence-corrected chi connectivity index (χ0v) is 23.9. The van der Waals surface area contributed by atoms with E-state index in [4.69, 9.17) is 10.5 Å². The minimum atomic E-state index is -0.881. The fourth-order valence-corrected chi connectivity index (χ4v) is 6.27. The molecule has 0 bridgehead atoms. The average molecular weight is 572 g/mol. The Labute approximate surface area is 237 Å². The van der Waals surface area contributed by atoms with Gasteiger partial charge in [-0.05, 0) is 55.7 Å². The molecule has 12 heteroatoms. The van der Waals surface area contributed by atoms with Gasteiger partial charge in [0.1, 0.15) is 22.8 Å². The van der Waals surface area contributed by atoms with E-state index in [9.17, 15) is 24.3 Å². The van der Waals surface area contributed by atoms with E-state index >= 15 is 0 Å². The van der Waals surface area contributed by atoms with Crippen LogP contribution in [0.2, 0.25) is 0 Å². The van der Waals surface area contributed by atoms with Gasteiger partial charge in [0.25, 0.3) is 0 Å². The molecule has 1 aromatic heterocycles. The topological polar surface area (TPSA) is 155 Å². The second kappa shape index (κ2) is 12.8. The summed E-state index contributed by atoms with van der Waals surface area (Å²) < 4.78 is 4.76. The van der Waals surface area contributed by atoms with Gasteiger partial charge in [-0.25, -0.2) is 9.78 Å². The molecule has 3 amide bonds. The molecule has 0 aliphatic carbocycles. The predicted octanol–water partition coefficient (Wildman–Crippen LogP) is 2.00. The van der Waals surface area contributed by atoms with Crippen LogP contribution >= 0.6 is 11.3 Å². The molecule has 2 aliphatic heterocycles. The Morgan fingerprint density at radius 3 is 2.48 bits per heavy atom. The van der Waals surface area contributed by atoms with Crippen molar-refractivity contribution in [1.82, 2.24) is 20.1 Å². The van der Waals surface area contributed by atoms with Crippen LogP contribution in [-0.2, 0) is 25.5 Å². The highest BCUT2D eigenvalue weighted by molar-refractivity contribution is 7.09. The summed E-state index contributed by atoms with van der Waals surface area (Å²) in [6.45, 7) is 4.67. The van der Waals surface area contributed by atoms with Gasteiger partial charge in [-0.3, -0.25) is 14.4 Å². The number of ether oxygens (including phenoxy) is 1. The van der Waals surface area contributed by atoms with Crippen molar-refractivity contribution in [2.75, 3.05) is 20.2 Å². The molecular weight excluding hydrogens is 534 g/mol. The Morgan fingerprint density at radius 2 is 1.80 bits per heavy atom. The maximum atomic E-state index is 13.8. The fraction of sp³-hybridized carbons (Fsp3) is 0.536. The molecule has 0 spiro atoms. The second-order valence-corrected chi connectivity index (χ2v) is 11.5. The van der Waals surface area contributed by atoms with E-state index in [2.05, 4.69) is 10.3 Å².